The van der Waals surface area contributed by atoms with Crippen molar-refractivity contribution in [2.75, 3.05) is 33.4 Å². The highest BCUT2D eigenvalue weighted by atomic mass is 19.1. The summed E-state index contributed by atoms with van der Waals surface area (Å²) in [5.74, 6) is 1.06. The average Bonchev–Trinajstić information content (AvgIpc) is 2.72. The third-order valence-electron chi connectivity index (χ3n) is 4.94. The SMILES string of the molecule is COc1ccc2c(c1)C=C(C(=O)N1CCNCC1c1cccc(F)c1)CO2. The number of methoxy groups -OCH3 is 1. The topological polar surface area (TPSA) is 50.8 Å². The number of carbonyl (C=O) groups is 1. The average molecular weight is 368 g/mol. The Labute approximate surface area is 157 Å². The number of ether oxygens (including phenoxy) is 2. The van der Waals surface area contributed by atoms with Crippen molar-refractivity contribution >= 4 is 12.0 Å². The molecule has 0 spiro atoms. The van der Waals surface area contributed by atoms with Crippen LogP contribution in [-0.4, -0.2) is 44.2 Å². The fraction of sp³-hybridized carbons (Fsp3) is 0.286. The first kappa shape index (κ1) is 17.5. The minimum absolute atomic E-state index is 0.0840. The fourth-order valence-electron chi connectivity index (χ4n) is 3.55. The van der Waals surface area contributed by atoms with Gasteiger partial charge in [-0.25, -0.2) is 4.39 Å². The van der Waals surface area contributed by atoms with Gasteiger partial charge in [0.2, 0.25) is 0 Å². The second-order valence-corrected chi connectivity index (χ2v) is 6.64. The molecule has 0 aliphatic carbocycles. The van der Waals surface area contributed by atoms with E-state index in [-0.39, 0.29) is 24.4 Å². The van der Waals surface area contributed by atoms with Gasteiger partial charge in [0.1, 0.15) is 23.9 Å². The van der Waals surface area contributed by atoms with Crippen LogP contribution in [0.25, 0.3) is 6.08 Å². The van der Waals surface area contributed by atoms with Crippen LogP contribution in [-0.2, 0) is 4.79 Å². The van der Waals surface area contributed by atoms with Crippen LogP contribution in [0.2, 0.25) is 0 Å². The predicted octanol–water partition coefficient (Wildman–Crippen LogP) is 2.78. The van der Waals surface area contributed by atoms with Gasteiger partial charge in [-0.2, -0.15) is 0 Å². The third-order valence-corrected chi connectivity index (χ3v) is 4.94. The van der Waals surface area contributed by atoms with Crippen LogP contribution in [0.5, 0.6) is 11.5 Å². The van der Waals surface area contributed by atoms with Crippen LogP contribution in [0.4, 0.5) is 4.39 Å². The van der Waals surface area contributed by atoms with E-state index in [4.69, 9.17) is 9.47 Å². The van der Waals surface area contributed by atoms with Crippen molar-refractivity contribution in [3.63, 3.8) is 0 Å². The zero-order chi connectivity index (χ0) is 18.8. The number of amides is 1. The van der Waals surface area contributed by atoms with Gasteiger partial charge in [0.15, 0.2) is 0 Å². The number of nitrogens with one attached hydrogen (secondary N) is 1. The smallest absolute Gasteiger partial charge is 0.253 e. The normalized spacial score (nSPS) is 19.0. The maximum Gasteiger partial charge on any atom is 0.253 e. The summed E-state index contributed by atoms with van der Waals surface area (Å²) in [4.78, 5) is 15.0. The van der Waals surface area contributed by atoms with E-state index in [0.29, 0.717) is 31.0 Å². The maximum atomic E-state index is 13.7. The lowest BCUT2D eigenvalue weighted by Crippen LogP contribution is -2.49. The Morgan fingerprint density at radius 1 is 1.30 bits per heavy atom. The molecule has 2 aromatic carbocycles. The molecule has 0 saturated carbocycles. The summed E-state index contributed by atoms with van der Waals surface area (Å²) in [7, 11) is 1.60. The van der Waals surface area contributed by atoms with Gasteiger partial charge in [-0.1, -0.05) is 12.1 Å². The minimum Gasteiger partial charge on any atom is -0.497 e. The van der Waals surface area contributed by atoms with E-state index in [2.05, 4.69) is 5.32 Å². The molecular formula is C21H21FN2O3. The van der Waals surface area contributed by atoms with E-state index < -0.39 is 0 Å². The van der Waals surface area contributed by atoms with Crippen LogP contribution in [0.15, 0.2) is 48.0 Å². The van der Waals surface area contributed by atoms with Crippen molar-refractivity contribution in [3.8, 4) is 11.5 Å². The summed E-state index contributed by atoms with van der Waals surface area (Å²) in [6.07, 6.45) is 1.86. The van der Waals surface area contributed by atoms with Crippen molar-refractivity contribution in [2.24, 2.45) is 0 Å². The lowest BCUT2D eigenvalue weighted by Gasteiger charge is -2.37. The Balaban J connectivity index is 1.63. The molecule has 1 unspecified atom stereocenters. The van der Waals surface area contributed by atoms with E-state index in [1.54, 1.807) is 18.1 Å². The molecule has 2 aliphatic heterocycles. The molecule has 1 saturated heterocycles. The van der Waals surface area contributed by atoms with Crippen LogP contribution in [0.3, 0.4) is 0 Å². The van der Waals surface area contributed by atoms with Crippen molar-refractivity contribution in [1.29, 1.82) is 0 Å². The molecule has 140 valence electrons. The molecule has 0 radical (unpaired) electrons. The lowest BCUT2D eigenvalue weighted by atomic mass is 10.0. The van der Waals surface area contributed by atoms with Crippen molar-refractivity contribution < 1.29 is 18.7 Å². The Hall–Kier alpha value is -2.86. The third kappa shape index (κ3) is 3.53. The fourth-order valence-corrected chi connectivity index (χ4v) is 3.55. The van der Waals surface area contributed by atoms with E-state index in [9.17, 15) is 9.18 Å². The quantitative estimate of drug-likeness (QED) is 0.905. The molecule has 6 heteroatoms. The van der Waals surface area contributed by atoms with Crippen LogP contribution in [0.1, 0.15) is 17.2 Å². The highest BCUT2D eigenvalue weighted by Crippen LogP contribution is 2.32. The van der Waals surface area contributed by atoms with Gasteiger partial charge >= 0.3 is 0 Å². The molecule has 1 fully saturated rings. The number of rotatable bonds is 3. The molecule has 4 rings (SSSR count). The minimum atomic E-state index is -0.299. The molecule has 27 heavy (non-hydrogen) atoms. The number of fused-ring (bicyclic) bond motifs is 1. The largest absolute Gasteiger partial charge is 0.497 e. The Kier molecular flexibility index (Phi) is 4.81. The first-order valence-corrected chi connectivity index (χ1v) is 8.94. The van der Waals surface area contributed by atoms with Gasteiger partial charge in [0.05, 0.1) is 18.7 Å². The zero-order valence-electron chi connectivity index (χ0n) is 15.1. The molecule has 1 amide bonds. The van der Waals surface area contributed by atoms with E-state index >= 15 is 0 Å². The highest BCUT2D eigenvalue weighted by Gasteiger charge is 2.31. The molecule has 2 heterocycles. The van der Waals surface area contributed by atoms with Gasteiger partial charge in [0.25, 0.3) is 5.91 Å². The van der Waals surface area contributed by atoms with E-state index in [1.165, 1.54) is 12.1 Å². The second-order valence-electron chi connectivity index (χ2n) is 6.64. The van der Waals surface area contributed by atoms with Crippen LogP contribution < -0.4 is 14.8 Å². The van der Waals surface area contributed by atoms with Gasteiger partial charge in [-0.3, -0.25) is 4.79 Å². The number of halogens is 1. The number of hydrogen-bond donors (Lipinski definition) is 1. The zero-order valence-corrected chi connectivity index (χ0v) is 15.1. The number of nitrogens with zero attached hydrogens (tertiary/aromatic N) is 1. The molecule has 0 aromatic heterocycles. The summed E-state index contributed by atoms with van der Waals surface area (Å²) in [5.41, 5.74) is 2.19. The van der Waals surface area contributed by atoms with Crippen molar-refractivity contribution in [1.82, 2.24) is 10.2 Å². The summed E-state index contributed by atoms with van der Waals surface area (Å²) >= 11 is 0. The van der Waals surface area contributed by atoms with Crippen LogP contribution >= 0.6 is 0 Å². The molecule has 2 aromatic rings. The summed E-state index contributed by atoms with van der Waals surface area (Å²) in [6.45, 7) is 2.07. The van der Waals surface area contributed by atoms with Gasteiger partial charge in [-0.05, 0) is 42.0 Å². The molecular weight excluding hydrogens is 347 g/mol. The standard InChI is InChI=1S/C21H21FN2O3/c1-26-18-5-6-20-15(11-18)9-16(13-27-20)21(25)24-8-7-23-12-19(24)14-3-2-4-17(22)10-14/h2-6,9-11,19,23H,7-8,12-13H2,1H3. The van der Waals surface area contributed by atoms with Gasteiger partial charge < -0.3 is 19.7 Å². The molecule has 1 atom stereocenters. The summed E-state index contributed by atoms with van der Waals surface area (Å²) in [6, 6.07) is 11.7. The molecule has 2 aliphatic rings. The first-order valence-electron chi connectivity index (χ1n) is 8.94. The Morgan fingerprint density at radius 2 is 2.19 bits per heavy atom. The summed E-state index contributed by atoms with van der Waals surface area (Å²) < 4.78 is 24.7. The van der Waals surface area contributed by atoms with Crippen molar-refractivity contribution in [3.05, 3.63) is 65.0 Å². The Morgan fingerprint density at radius 3 is 3.00 bits per heavy atom. The monoisotopic (exact) mass is 368 g/mol. The first-order chi connectivity index (χ1) is 13.2. The van der Waals surface area contributed by atoms with Gasteiger partial charge in [0, 0.05) is 25.2 Å². The van der Waals surface area contributed by atoms with Gasteiger partial charge in [-0.15, -0.1) is 0 Å². The van der Waals surface area contributed by atoms with Crippen LogP contribution in [0, 0.1) is 5.82 Å². The molecule has 5 nitrogen and oxygen atoms in total. The highest BCUT2D eigenvalue weighted by molar-refractivity contribution is 5.99. The second kappa shape index (κ2) is 7.40. The maximum absolute atomic E-state index is 13.7. The Bertz CT molecular complexity index is 897. The van der Waals surface area contributed by atoms with E-state index in [0.717, 1.165) is 16.9 Å². The molecule has 0 bridgehead atoms. The summed E-state index contributed by atoms with van der Waals surface area (Å²) in [5, 5.41) is 3.29. The van der Waals surface area contributed by atoms with Crippen molar-refractivity contribution in [2.45, 2.75) is 6.04 Å². The van der Waals surface area contributed by atoms with E-state index in [1.807, 2.05) is 30.3 Å². The lowest BCUT2D eigenvalue weighted by molar-refractivity contribution is -0.130. The number of piperazine rings is 1. The predicted molar refractivity (Wildman–Crippen MR) is 100 cm³/mol. The molecule has 1 N–H and O–H groups in total. The number of carbonyl (C=O) groups excluding carboxylic acids is 1. The number of benzene rings is 2. The number of hydrogen-bond acceptors (Lipinski definition) is 4.